The molecule has 1 heterocycles. The lowest BCUT2D eigenvalue weighted by Crippen LogP contribution is -2.32. The zero-order chi connectivity index (χ0) is 18.4. The average Bonchev–Trinajstić information content (AvgIpc) is 2.63. The van der Waals surface area contributed by atoms with Gasteiger partial charge in [0.05, 0.1) is 6.54 Å². The van der Waals surface area contributed by atoms with Crippen LogP contribution in [-0.2, 0) is 16.0 Å². The third-order valence-electron chi connectivity index (χ3n) is 4.51. The van der Waals surface area contributed by atoms with Gasteiger partial charge in [0.2, 0.25) is 11.8 Å². The number of rotatable bonds is 7. The molecule has 136 valence electrons. The van der Waals surface area contributed by atoms with Crippen molar-refractivity contribution in [2.75, 3.05) is 18.5 Å². The van der Waals surface area contributed by atoms with Gasteiger partial charge in [-0.15, -0.1) is 0 Å². The lowest BCUT2D eigenvalue weighted by Gasteiger charge is -2.24. The number of ether oxygens (including phenoxy) is 1. The number of anilines is 1. The number of carbonyl (C=O) groups is 2. The summed E-state index contributed by atoms with van der Waals surface area (Å²) in [6.45, 7) is 2.88. The SMILES string of the molecule is Cc1cccc(OCCNC(=O)CCC2Cc3ccccc3NC2=O)c1. The van der Waals surface area contributed by atoms with Crippen molar-refractivity contribution in [1.29, 1.82) is 0 Å². The molecule has 5 nitrogen and oxygen atoms in total. The third kappa shape index (κ3) is 4.85. The second kappa shape index (κ2) is 8.52. The molecule has 0 aromatic heterocycles. The number of para-hydroxylation sites is 1. The van der Waals surface area contributed by atoms with Crippen LogP contribution in [0.4, 0.5) is 5.69 Å². The fraction of sp³-hybridized carbons (Fsp3) is 0.333. The maximum absolute atomic E-state index is 12.2. The Hall–Kier alpha value is -2.82. The van der Waals surface area contributed by atoms with Crippen LogP contribution in [0.2, 0.25) is 0 Å². The molecule has 2 aromatic carbocycles. The molecule has 1 aliphatic rings. The van der Waals surface area contributed by atoms with E-state index >= 15 is 0 Å². The minimum absolute atomic E-state index is 0.000666. The van der Waals surface area contributed by atoms with Crippen LogP contribution in [0.1, 0.15) is 24.0 Å². The van der Waals surface area contributed by atoms with Crippen molar-refractivity contribution in [2.45, 2.75) is 26.2 Å². The summed E-state index contributed by atoms with van der Waals surface area (Å²) >= 11 is 0. The molecule has 1 aliphatic heterocycles. The van der Waals surface area contributed by atoms with Crippen LogP contribution in [-0.4, -0.2) is 25.0 Å². The van der Waals surface area contributed by atoms with Crippen LogP contribution >= 0.6 is 0 Å². The van der Waals surface area contributed by atoms with Gasteiger partial charge in [0.15, 0.2) is 0 Å². The van der Waals surface area contributed by atoms with Gasteiger partial charge in [0.1, 0.15) is 12.4 Å². The third-order valence-corrected chi connectivity index (χ3v) is 4.51. The van der Waals surface area contributed by atoms with Crippen molar-refractivity contribution < 1.29 is 14.3 Å². The highest BCUT2D eigenvalue weighted by molar-refractivity contribution is 5.96. The van der Waals surface area contributed by atoms with Gasteiger partial charge in [0.25, 0.3) is 0 Å². The van der Waals surface area contributed by atoms with E-state index in [0.717, 1.165) is 22.6 Å². The molecule has 2 aromatic rings. The fourth-order valence-electron chi connectivity index (χ4n) is 3.10. The Balaban J connectivity index is 1.37. The zero-order valence-electron chi connectivity index (χ0n) is 15.0. The first kappa shape index (κ1) is 18.0. The Labute approximate surface area is 153 Å². The zero-order valence-corrected chi connectivity index (χ0v) is 15.0. The van der Waals surface area contributed by atoms with Gasteiger partial charge in [-0.05, 0) is 49.1 Å². The Morgan fingerprint density at radius 1 is 1.23 bits per heavy atom. The van der Waals surface area contributed by atoms with E-state index in [2.05, 4.69) is 10.6 Å². The van der Waals surface area contributed by atoms with Crippen LogP contribution in [0.25, 0.3) is 0 Å². The van der Waals surface area contributed by atoms with Gasteiger partial charge < -0.3 is 15.4 Å². The average molecular weight is 352 g/mol. The fourth-order valence-corrected chi connectivity index (χ4v) is 3.10. The number of carbonyl (C=O) groups excluding carboxylic acids is 2. The maximum atomic E-state index is 12.2. The smallest absolute Gasteiger partial charge is 0.227 e. The molecule has 0 bridgehead atoms. The van der Waals surface area contributed by atoms with Crippen molar-refractivity contribution in [3.05, 3.63) is 59.7 Å². The molecule has 0 fully saturated rings. The first-order valence-corrected chi connectivity index (χ1v) is 8.97. The lowest BCUT2D eigenvalue weighted by molar-refractivity contribution is -0.122. The summed E-state index contributed by atoms with van der Waals surface area (Å²) in [5.74, 6) is 0.597. The van der Waals surface area contributed by atoms with Gasteiger partial charge in [0, 0.05) is 18.0 Å². The van der Waals surface area contributed by atoms with Gasteiger partial charge in [-0.3, -0.25) is 9.59 Å². The highest BCUT2D eigenvalue weighted by atomic mass is 16.5. The first-order valence-electron chi connectivity index (χ1n) is 8.97. The molecular weight excluding hydrogens is 328 g/mol. The highest BCUT2D eigenvalue weighted by Crippen LogP contribution is 2.27. The summed E-state index contributed by atoms with van der Waals surface area (Å²) < 4.78 is 5.61. The largest absolute Gasteiger partial charge is 0.492 e. The van der Waals surface area contributed by atoms with Gasteiger partial charge in [-0.25, -0.2) is 0 Å². The van der Waals surface area contributed by atoms with E-state index < -0.39 is 0 Å². The Kier molecular flexibility index (Phi) is 5.89. The molecule has 0 spiro atoms. The van der Waals surface area contributed by atoms with Crippen LogP contribution < -0.4 is 15.4 Å². The van der Waals surface area contributed by atoms with E-state index in [1.807, 2.05) is 55.5 Å². The van der Waals surface area contributed by atoms with E-state index in [1.165, 1.54) is 0 Å². The number of aryl methyl sites for hydroxylation is 1. The molecule has 1 atom stereocenters. The summed E-state index contributed by atoms with van der Waals surface area (Å²) in [6.07, 6.45) is 1.57. The Morgan fingerprint density at radius 3 is 2.92 bits per heavy atom. The number of hydrogen-bond donors (Lipinski definition) is 2. The molecule has 0 saturated carbocycles. The number of benzene rings is 2. The second-order valence-corrected chi connectivity index (χ2v) is 6.60. The molecule has 1 unspecified atom stereocenters. The van der Waals surface area contributed by atoms with Crippen molar-refractivity contribution >= 4 is 17.5 Å². The van der Waals surface area contributed by atoms with E-state index in [4.69, 9.17) is 4.74 Å². The minimum Gasteiger partial charge on any atom is -0.492 e. The van der Waals surface area contributed by atoms with E-state index in [1.54, 1.807) is 0 Å². The summed E-state index contributed by atoms with van der Waals surface area (Å²) in [5, 5.41) is 5.76. The summed E-state index contributed by atoms with van der Waals surface area (Å²) in [7, 11) is 0. The van der Waals surface area contributed by atoms with Crippen molar-refractivity contribution in [1.82, 2.24) is 5.32 Å². The van der Waals surface area contributed by atoms with Crippen LogP contribution in [0.3, 0.4) is 0 Å². The summed E-state index contributed by atoms with van der Waals surface area (Å²) in [6, 6.07) is 15.6. The van der Waals surface area contributed by atoms with E-state index in [-0.39, 0.29) is 17.7 Å². The normalized spacial score (nSPS) is 15.7. The lowest BCUT2D eigenvalue weighted by atomic mass is 9.89. The molecule has 2 N–H and O–H groups in total. The number of hydrogen-bond acceptors (Lipinski definition) is 3. The van der Waals surface area contributed by atoms with Crippen LogP contribution in [0.15, 0.2) is 48.5 Å². The summed E-state index contributed by atoms with van der Waals surface area (Å²) in [5.41, 5.74) is 3.15. The number of amides is 2. The van der Waals surface area contributed by atoms with Gasteiger partial charge >= 0.3 is 0 Å². The quantitative estimate of drug-likeness (QED) is 0.753. The molecule has 5 heteroatoms. The second-order valence-electron chi connectivity index (χ2n) is 6.60. The maximum Gasteiger partial charge on any atom is 0.227 e. The predicted octanol–water partition coefficient (Wildman–Crippen LogP) is 3.08. The minimum atomic E-state index is -0.154. The van der Waals surface area contributed by atoms with E-state index in [9.17, 15) is 9.59 Å². The van der Waals surface area contributed by atoms with Crippen LogP contribution in [0.5, 0.6) is 5.75 Å². The first-order chi connectivity index (χ1) is 12.6. The number of fused-ring (bicyclic) bond motifs is 1. The van der Waals surface area contributed by atoms with Crippen molar-refractivity contribution in [2.24, 2.45) is 5.92 Å². The number of nitrogens with one attached hydrogen (secondary N) is 2. The molecule has 2 amide bonds. The van der Waals surface area contributed by atoms with Crippen molar-refractivity contribution in [3.8, 4) is 5.75 Å². The van der Waals surface area contributed by atoms with Crippen molar-refractivity contribution in [3.63, 3.8) is 0 Å². The van der Waals surface area contributed by atoms with Gasteiger partial charge in [-0.2, -0.15) is 0 Å². The molecule has 3 rings (SSSR count). The standard InChI is InChI=1S/C21H24N2O3/c1-15-5-4-7-18(13-15)26-12-11-22-20(24)10-9-17-14-16-6-2-3-8-19(16)23-21(17)25/h2-8,13,17H,9-12,14H2,1H3,(H,22,24)(H,23,25). The Bertz CT molecular complexity index is 788. The van der Waals surface area contributed by atoms with E-state index in [0.29, 0.717) is 32.4 Å². The molecule has 0 aliphatic carbocycles. The Morgan fingerprint density at radius 2 is 2.08 bits per heavy atom. The monoisotopic (exact) mass is 352 g/mol. The molecule has 0 saturated heterocycles. The van der Waals surface area contributed by atoms with Crippen LogP contribution in [0, 0.1) is 12.8 Å². The highest BCUT2D eigenvalue weighted by Gasteiger charge is 2.26. The predicted molar refractivity (Wildman–Crippen MR) is 101 cm³/mol. The topological polar surface area (TPSA) is 67.4 Å². The van der Waals surface area contributed by atoms with Gasteiger partial charge in [-0.1, -0.05) is 30.3 Å². The molecular formula is C21H24N2O3. The molecule has 26 heavy (non-hydrogen) atoms. The molecule has 0 radical (unpaired) electrons. The summed E-state index contributed by atoms with van der Waals surface area (Å²) in [4.78, 5) is 24.2.